The highest BCUT2D eigenvalue weighted by Gasteiger charge is 2.36. The first kappa shape index (κ1) is 21.4. The van der Waals surface area contributed by atoms with Crippen molar-refractivity contribution in [2.45, 2.75) is 43.7 Å². The maximum atomic E-state index is 13.3. The maximum absolute atomic E-state index is 13.3. The van der Waals surface area contributed by atoms with E-state index in [4.69, 9.17) is 11.6 Å². The molecule has 1 aromatic carbocycles. The molecule has 2 unspecified atom stereocenters. The lowest BCUT2D eigenvalue weighted by Crippen LogP contribution is -2.54. The van der Waals surface area contributed by atoms with Crippen molar-refractivity contribution in [2.75, 3.05) is 26.2 Å². The molecular formula is C18H26ClFN4O3S. The molecular weight excluding hydrogens is 407 g/mol. The fraction of sp³-hybridized carbons (Fsp3) is 0.611. The van der Waals surface area contributed by atoms with Crippen molar-refractivity contribution in [3.63, 3.8) is 0 Å². The molecule has 2 saturated heterocycles. The van der Waals surface area contributed by atoms with Crippen LogP contribution in [0.15, 0.2) is 23.1 Å². The number of amides is 1. The molecule has 2 N–H and O–H groups in total. The number of sulfonamides is 1. The van der Waals surface area contributed by atoms with Crippen LogP contribution in [0, 0.1) is 11.7 Å². The molecule has 10 heteroatoms. The Hall–Kier alpha value is -1.26. The zero-order valence-electron chi connectivity index (χ0n) is 16.0. The van der Waals surface area contributed by atoms with Crippen molar-refractivity contribution in [1.29, 1.82) is 0 Å². The van der Waals surface area contributed by atoms with Crippen LogP contribution in [0.25, 0.3) is 0 Å². The van der Waals surface area contributed by atoms with E-state index in [1.54, 1.807) is 4.90 Å². The van der Waals surface area contributed by atoms with Crippen molar-refractivity contribution in [3.8, 4) is 0 Å². The highest BCUT2D eigenvalue weighted by Crippen LogP contribution is 2.23. The first-order valence-electron chi connectivity index (χ1n) is 9.43. The van der Waals surface area contributed by atoms with Crippen molar-refractivity contribution < 1.29 is 17.6 Å². The van der Waals surface area contributed by atoms with E-state index in [0.29, 0.717) is 19.0 Å². The van der Waals surface area contributed by atoms with Crippen LogP contribution in [0.2, 0.25) is 5.02 Å². The highest BCUT2D eigenvalue weighted by atomic mass is 35.5. The first-order chi connectivity index (χ1) is 13.2. The second-order valence-electron chi connectivity index (χ2n) is 7.71. The average Bonchev–Trinajstić information content (AvgIpc) is 3.11. The smallest absolute Gasteiger partial charge is 0.243 e. The molecule has 0 aromatic heterocycles. The van der Waals surface area contributed by atoms with Gasteiger partial charge in [0.25, 0.3) is 0 Å². The van der Waals surface area contributed by atoms with E-state index >= 15 is 0 Å². The second kappa shape index (κ2) is 8.62. The van der Waals surface area contributed by atoms with Crippen LogP contribution in [-0.4, -0.2) is 61.8 Å². The molecule has 2 aliphatic heterocycles. The molecule has 2 fully saturated rings. The van der Waals surface area contributed by atoms with Crippen LogP contribution in [-0.2, 0) is 14.8 Å². The molecule has 1 amide bonds. The summed E-state index contributed by atoms with van der Waals surface area (Å²) < 4.78 is 40.1. The molecule has 7 nitrogen and oxygen atoms in total. The van der Waals surface area contributed by atoms with Gasteiger partial charge in [0.15, 0.2) is 0 Å². The van der Waals surface area contributed by atoms with Gasteiger partial charge < -0.3 is 4.90 Å². The quantitative estimate of drug-likeness (QED) is 0.738. The molecule has 156 valence electrons. The van der Waals surface area contributed by atoms with Crippen molar-refractivity contribution in [3.05, 3.63) is 29.0 Å². The number of carbonyl (C=O) groups excluding carboxylic acids is 1. The van der Waals surface area contributed by atoms with Gasteiger partial charge in [0, 0.05) is 32.2 Å². The van der Waals surface area contributed by atoms with Gasteiger partial charge in [-0.25, -0.2) is 18.2 Å². The molecule has 1 aromatic rings. The van der Waals surface area contributed by atoms with Gasteiger partial charge >= 0.3 is 0 Å². The Labute approximate surface area is 170 Å². The van der Waals surface area contributed by atoms with Gasteiger partial charge in [0.05, 0.1) is 9.92 Å². The monoisotopic (exact) mass is 432 g/mol. The number of halogens is 2. The Bertz CT molecular complexity index is 828. The van der Waals surface area contributed by atoms with Gasteiger partial charge in [0.1, 0.15) is 11.9 Å². The fourth-order valence-corrected chi connectivity index (χ4v) is 5.36. The number of hydrogen-bond donors (Lipinski definition) is 2. The van der Waals surface area contributed by atoms with Gasteiger partial charge in [-0.15, -0.1) is 0 Å². The summed E-state index contributed by atoms with van der Waals surface area (Å²) in [5.41, 5.74) is 6.24. The molecule has 3 rings (SSSR count). The Balaban J connectivity index is 1.58. The molecule has 2 atom stereocenters. The summed E-state index contributed by atoms with van der Waals surface area (Å²) >= 11 is 5.72. The Morgan fingerprint density at radius 2 is 1.93 bits per heavy atom. The third kappa shape index (κ3) is 4.65. The molecule has 0 saturated carbocycles. The summed E-state index contributed by atoms with van der Waals surface area (Å²) in [5, 5.41) is -0.231. The number of carbonyl (C=O) groups is 1. The van der Waals surface area contributed by atoms with E-state index in [0.717, 1.165) is 25.0 Å². The topological polar surface area (TPSA) is 81.8 Å². The molecule has 2 heterocycles. The maximum Gasteiger partial charge on any atom is 0.243 e. The Morgan fingerprint density at radius 1 is 1.25 bits per heavy atom. The Kier molecular flexibility index (Phi) is 6.61. The van der Waals surface area contributed by atoms with Crippen LogP contribution < -0.4 is 10.9 Å². The normalized spacial score (nSPS) is 24.1. The van der Waals surface area contributed by atoms with Gasteiger partial charge in [-0.1, -0.05) is 25.4 Å². The van der Waals surface area contributed by atoms with Crippen molar-refractivity contribution in [1.82, 2.24) is 20.1 Å². The van der Waals surface area contributed by atoms with Gasteiger partial charge in [-0.3, -0.25) is 10.2 Å². The zero-order valence-corrected chi connectivity index (χ0v) is 17.6. The number of piperazine rings is 1. The predicted molar refractivity (Wildman–Crippen MR) is 105 cm³/mol. The average molecular weight is 433 g/mol. The molecule has 0 radical (unpaired) electrons. The molecule has 0 aliphatic carbocycles. The minimum Gasteiger partial charge on any atom is -0.339 e. The lowest BCUT2D eigenvalue weighted by molar-refractivity contribution is -0.134. The summed E-state index contributed by atoms with van der Waals surface area (Å²) in [7, 11) is -3.78. The number of nitrogens with zero attached hydrogens (tertiary/aromatic N) is 2. The summed E-state index contributed by atoms with van der Waals surface area (Å²) in [4.78, 5) is 14.4. The van der Waals surface area contributed by atoms with Gasteiger partial charge in [0.2, 0.25) is 15.9 Å². The SMILES string of the molecule is CC(C)CC1CC(C(=O)N2CCN(S(=O)(=O)c3ccc(F)c(Cl)c3)CC2)NN1. The van der Waals surface area contributed by atoms with Gasteiger partial charge in [-0.05, 0) is 37.0 Å². The lowest BCUT2D eigenvalue weighted by Gasteiger charge is -2.35. The van der Waals surface area contributed by atoms with E-state index < -0.39 is 15.8 Å². The van der Waals surface area contributed by atoms with Crippen LogP contribution in [0.4, 0.5) is 4.39 Å². The van der Waals surface area contributed by atoms with Crippen LogP contribution in [0.3, 0.4) is 0 Å². The third-order valence-corrected chi connectivity index (χ3v) is 7.30. The van der Waals surface area contributed by atoms with E-state index in [1.807, 2.05) is 0 Å². The van der Waals surface area contributed by atoms with Crippen molar-refractivity contribution >= 4 is 27.5 Å². The first-order valence-corrected chi connectivity index (χ1v) is 11.3. The standard InChI is InChI=1S/C18H26ClFN4O3S/c1-12(2)9-13-10-17(22-21-13)18(25)23-5-7-24(8-6-23)28(26,27)14-3-4-16(20)15(19)11-14/h3-4,11-13,17,21-22H,5-10H2,1-2H3. The van der Waals surface area contributed by atoms with Crippen LogP contribution in [0.1, 0.15) is 26.7 Å². The number of benzene rings is 1. The minimum atomic E-state index is -3.78. The van der Waals surface area contributed by atoms with Crippen LogP contribution >= 0.6 is 11.6 Å². The summed E-state index contributed by atoms with van der Waals surface area (Å²) in [5.74, 6) is -0.132. The summed E-state index contributed by atoms with van der Waals surface area (Å²) in [6.07, 6.45) is 1.71. The number of hydrazine groups is 1. The minimum absolute atomic E-state index is 0.0133. The Morgan fingerprint density at radius 3 is 2.54 bits per heavy atom. The van der Waals surface area contributed by atoms with Crippen molar-refractivity contribution in [2.24, 2.45) is 5.92 Å². The number of nitrogens with one attached hydrogen (secondary N) is 2. The fourth-order valence-electron chi connectivity index (χ4n) is 3.66. The van der Waals surface area contributed by atoms with E-state index in [1.165, 1.54) is 10.4 Å². The van der Waals surface area contributed by atoms with E-state index in [9.17, 15) is 17.6 Å². The zero-order chi connectivity index (χ0) is 20.5. The lowest BCUT2D eigenvalue weighted by atomic mass is 9.99. The highest BCUT2D eigenvalue weighted by molar-refractivity contribution is 7.89. The van der Waals surface area contributed by atoms with E-state index in [-0.39, 0.29) is 41.0 Å². The number of rotatable bonds is 5. The largest absolute Gasteiger partial charge is 0.339 e. The summed E-state index contributed by atoms with van der Waals surface area (Å²) in [6, 6.07) is 3.34. The molecule has 0 spiro atoms. The summed E-state index contributed by atoms with van der Waals surface area (Å²) in [6.45, 7) is 5.31. The number of hydrogen-bond acceptors (Lipinski definition) is 5. The molecule has 28 heavy (non-hydrogen) atoms. The second-order valence-corrected chi connectivity index (χ2v) is 10.1. The van der Waals surface area contributed by atoms with Gasteiger partial charge in [-0.2, -0.15) is 4.31 Å². The third-order valence-electron chi connectivity index (χ3n) is 5.12. The molecule has 0 bridgehead atoms. The van der Waals surface area contributed by atoms with Crippen LogP contribution in [0.5, 0.6) is 0 Å². The molecule has 2 aliphatic rings. The van der Waals surface area contributed by atoms with E-state index in [2.05, 4.69) is 24.7 Å². The predicted octanol–water partition coefficient (Wildman–Crippen LogP) is 1.59.